The van der Waals surface area contributed by atoms with Gasteiger partial charge < -0.3 is 20.4 Å². The van der Waals surface area contributed by atoms with Gasteiger partial charge in [0.05, 0.1) is 11.6 Å². The fourth-order valence-corrected chi connectivity index (χ4v) is 6.41. The molecule has 0 radical (unpaired) electrons. The van der Waals surface area contributed by atoms with E-state index < -0.39 is 12.1 Å². The first-order valence-electron chi connectivity index (χ1n) is 13.3. The molecule has 0 saturated carbocycles. The van der Waals surface area contributed by atoms with Crippen LogP contribution in [0.2, 0.25) is 0 Å². The predicted octanol–water partition coefficient (Wildman–Crippen LogP) is 3.87. The summed E-state index contributed by atoms with van der Waals surface area (Å²) in [5, 5.41) is 6.82. The molecule has 0 bridgehead atoms. The van der Waals surface area contributed by atoms with E-state index in [1.165, 1.54) is 6.07 Å². The van der Waals surface area contributed by atoms with Crippen LogP contribution < -0.4 is 10.6 Å². The number of hydrogen-bond acceptors (Lipinski definition) is 5. The smallest absolute Gasteiger partial charge is 0.231 e. The van der Waals surface area contributed by atoms with Gasteiger partial charge in [0.25, 0.3) is 0 Å². The number of alkyl halides is 1. The Morgan fingerprint density at radius 1 is 1.19 bits per heavy atom. The second-order valence-electron chi connectivity index (χ2n) is 11.7. The lowest BCUT2D eigenvalue weighted by Gasteiger charge is -2.41. The Labute approximate surface area is 213 Å². The van der Waals surface area contributed by atoms with Gasteiger partial charge in [-0.05, 0) is 64.5 Å². The van der Waals surface area contributed by atoms with Crippen LogP contribution in [0.4, 0.5) is 8.78 Å². The van der Waals surface area contributed by atoms with Gasteiger partial charge in [-0.15, -0.1) is 0 Å². The summed E-state index contributed by atoms with van der Waals surface area (Å²) in [4.78, 5) is 22.9. The number of carbonyl (C=O) groups is 1. The molecule has 0 aromatic heterocycles. The second-order valence-corrected chi connectivity index (χ2v) is 11.7. The third kappa shape index (κ3) is 4.64. The average molecular weight is 500 g/mol. The van der Waals surface area contributed by atoms with Crippen LogP contribution in [0.5, 0.6) is 0 Å². The molecule has 6 nitrogen and oxygen atoms in total. The summed E-state index contributed by atoms with van der Waals surface area (Å²) in [6.07, 6.45) is 1.11. The van der Waals surface area contributed by atoms with E-state index in [1.807, 2.05) is 24.8 Å². The van der Waals surface area contributed by atoms with Crippen molar-refractivity contribution in [2.75, 3.05) is 26.2 Å². The maximum Gasteiger partial charge on any atom is 0.231 e. The van der Waals surface area contributed by atoms with Gasteiger partial charge in [0, 0.05) is 48.9 Å². The van der Waals surface area contributed by atoms with Crippen molar-refractivity contribution in [1.29, 1.82) is 0 Å². The molecule has 1 aromatic rings. The van der Waals surface area contributed by atoms with E-state index in [0.29, 0.717) is 43.9 Å². The van der Waals surface area contributed by atoms with Crippen molar-refractivity contribution in [3.8, 4) is 0 Å². The molecule has 2 N–H and O–H groups in total. The molecule has 36 heavy (non-hydrogen) atoms. The number of amides is 1. The number of aryl methyl sites for hydroxylation is 1. The Balaban J connectivity index is 1.35. The van der Waals surface area contributed by atoms with E-state index in [9.17, 15) is 9.18 Å². The fraction of sp³-hybridized carbons (Fsp3) is 0.643. The van der Waals surface area contributed by atoms with Crippen molar-refractivity contribution >= 4 is 11.7 Å². The van der Waals surface area contributed by atoms with Crippen LogP contribution >= 0.6 is 0 Å². The summed E-state index contributed by atoms with van der Waals surface area (Å²) >= 11 is 0. The third-order valence-corrected chi connectivity index (χ3v) is 8.28. The van der Waals surface area contributed by atoms with Crippen LogP contribution in [0, 0.1) is 18.7 Å². The first-order chi connectivity index (χ1) is 17.0. The quantitative estimate of drug-likeness (QED) is 0.663. The number of carbonyl (C=O) groups excluding carboxylic acids is 1. The molecule has 1 aliphatic carbocycles. The van der Waals surface area contributed by atoms with Gasteiger partial charge in [-0.1, -0.05) is 19.1 Å². The van der Waals surface area contributed by atoms with Crippen LogP contribution in [0.15, 0.2) is 34.5 Å². The summed E-state index contributed by atoms with van der Waals surface area (Å²) in [5.41, 5.74) is 2.91. The van der Waals surface area contributed by atoms with Crippen molar-refractivity contribution in [3.63, 3.8) is 0 Å². The van der Waals surface area contributed by atoms with E-state index in [2.05, 4.69) is 36.3 Å². The zero-order chi connectivity index (χ0) is 25.8. The first-order valence-corrected chi connectivity index (χ1v) is 13.3. The molecule has 5 rings (SSSR count). The first kappa shape index (κ1) is 25.2. The highest BCUT2D eigenvalue weighted by molar-refractivity contribution is 6.01. The zero-order valence-electron chi connectivity index (χ0n) is 22.1. The zero-order valence-corrected chi connectivity index (χ0v) is 22.1. The van der Waals surface area contributed by atoms with Crippen LogP contribution in [0.25, 0.3) is 0 Å². The number of nitrogens with zero attached hydrogens (tertiary/aromatic N) is 3. The van der Waals surface area contributed by atoms with E-state index in [4.69, 9.17) is 4.99 Å². The molecule has 5 atom stereocenters. The Kier molecular flexibility index (Phi) is 6.60. The van der Waals surface area contributed by atoms with Crippen molar-refractivity contribution in [3.05, 3.63) is 46.4 Å². The molecule has 1 aromatic carbocycles. The molecule has 196 valence electrons. The van der Waals surface area contributed by atoms with Gasteiger partial charge in [-0.25, -0.2) is 13.8 Å². The summed E-state index contributed by atoms with van der Waals surface area (Å²) in [5.74, 6) is 0.0836. The number of halogens is 2. The number of amidine groups is 1. The lowest BCUT2D eigenvalue weighted by Crippen LogP contribution is -2.55. The largest absolute Gasteiger partial charge is 0.365 e. The number of rotatable bonds is 3. The number of piperazine rings is 1. The van der Waals surface area contributed by atoms with Crippen molar-refractivity contribution in [1.82, 2.24) is 20.4 Å². The molecule has 3 aliphatic heterocycles. The van der Waals surface area contributed by atoms with Crippen LogP contribution in [0.1, 0.15) is 64.0 Å². The number of hydrogen-bond donors (Lipinski definition) is 2. The highest BCUT2D eigenvalue weighted by Crippen LogP contribution is 2.38. The van der Waals surface area contributed by atoms with E-state index >= 15 is 4.39 Å². The molecule has 8 heteroatoms. The predicted molar refractivity (Wildman–Crippen MR) is 138 cm³/mol. The minimum Gasteiger partial charge on any atom is -0.365 e. The third-order valence-electron chi connectivity index (χ3n) is 8.28. The molecule has 1 amide bonds. The fourth-order valence-electron chi connectivity index (χ4n) is 6.41. The summed E-state index contributed by atoms with van der Waals surface area (Å²) in [7, 11) is 0. The van der Waals surface area contributed by atoms with Crippen LogP contribution in [-0.2, 0) is 4.79 Å². The second kappa shape index (κ2) is 9.43. The molecule has 2 fully saturated rings. The molecule has 3 heterocycles. The number of benzene rings is 1. The van der Waals surface area contributed by atoms with Gasteiger partial charge in [0.1, 0.15) is 24.0 Å². The molecular weight excluding hydrogens is 460 g/mol. The maximum absolute atomic E-state index is 15.1. The van der Waals surface area contributed by atoms with E-state index in [-0.39, 0.29) is 35.4 Å². The standard InChI is InChI=1S/C28H39F2N5O/c1-16-6-7-19(20(29)14-16)24(22-8-9-28(4,5)33-22)27(36)35-12-10-34(11-13-35)26-23-17(2)15-21(30)25(23)31-18(3)32-26/h6-7,14,17-18,21-22,24,31,33H,8-13,15H2,1-5H3/t17-,18?,21?,22+,24?/m1/s1. The molecular formula is C28H39F2N5O. The van der Waals surface area contributed by atoms with E-state index in [0.717, 1.165) is 29.8 Å². The summed E-state index contributed by atoms with van der Waals surface area (Å²) in [6, 6.07) is 5.09. The number of nitrogens with one attached hydrogen (secondary N) is 2. The van der Waals surface area contributed by atoms with Crippen molar-refractivity contribution < 1.29 is 13.6 Å². The summed E-state index contributed by atoms with van der Waals surface area (Å²) in [6.45, 7) is 12.5. The Bertz CT molecular complexity index is 1090. The molecule has 4 aliphatic rings. The topological polar surface area (TPSA) is 60.0 Å². The van der Waals surface area contributed by atoms with Crippen molar-refractivity contribution in [2.45, 2.75) is 83.7 Å². The SMILES string of the molecule is Cc1ccc(C(C(=O)N2CCN(C3=NC(C)NC4=C3[C@H](C)CC4F)CC2)[C@@H]2CCC(C)(C)N2)c(F)c1. The highest BCUT2D eigenvalue weighted by atomic mass is 19.1. The molecule has 2 saturated heterocycles. The Morgan fingerprint density at radius 3 is 2.56 bits per heavy atom. The normalized spacial score (nSPS) is 30.7. The van der Waals surface area contributed by atoms with Gasteiger partial charge in [0.15, 0.2) is 0 Å². The Morgan fingerprint density at radius 2 is 1.92 bits per heavy atom. The highest BCUT2D eigenvalue weighted by Gasteiger charge is 2.43. The number of allylic oxidation sites excluding steroid dienone is 1. The maximum atomic E-state index is 15.1. The van der Waals surface area contributed by atoms with Gasteiger partial charge >= 0.3 is 0 Å². The van der Waals surface area contributed by atoms with Gasteiger partial charge in [-0.3, -0.25) is 4.79 Å². The summed E-state index contributed by atoms with van der Waals surface area (Å²) < 4.78 is 29.8. The van der Waals surface area contributed by atoms with Crippen LogP contribution in [0.3, 0.4) is 0 Å². The van der Waals surface area contributed by atoms with Gasteiger partial charge in [-0.2, -0.15) is 0 Å². The lowest BCUT2D eigenvalue weighted by atomic mass is 9.88. The molecule has 0 spiro atoms. The van der Waals surface area contributed by atoms with Crippen molar-refractivity contribution in [2.24, 2.45) is 10.9 Å². The molecule has 3 unspecified atom stereocenters. The minimum atomic E-state index is -0.973. The number of aliphatic imine (C=N–C) groups is 1. The Hall–Kier alpha value is -2.48. The van der Waals surface area contributed by atoms with E-state index in [1.54, 1.807) is 6.07 Å². The average Bonchev–Trinajstić information content (AvgIpc) is 3.32. The van der Waals surface area contributed by atoms with Crippen LogP contribution in [-0.4, -0.2) is 71.6 Å². The minimum absolute atomic E-state index is 0.0221. The van der Waals surface area contributed by atoms with Gasteiger partial charge in [0.2, 0.25) is 5.91 Å². The lowest BCUT2D eigenvalue weighted by molar-refractivity contribution is -0.134. The monoisotopic (exact) mass is 499 g/mol.